The molecule has 0 amide bonds. The molecule has 4 heterocycles. The number of nitrogens with zero attached hydrogens (tertiary/aromatic N) is 10. The zero-order chi connectivity index (χ0) is 43.0. The van der Waals surface area contributed by atoms with E-state index >= 15 is 13.2 Å². The number of hydrogen-bond acceptors (Lipinski definition) is 8. The van der Waals surface area contributed by atoms with Crippen molar-refractivity contribution in [3.05, 3.63) is 155 Å². The minimum Gasteiger partial charge on any atom is -0.308 e. The molecule has 6 aromatic carbocycles. The van der Waals surface area contributed by atoms with Crippen molar-refractivity contribution in [1.82, 2.24) is 39.0 Å². The largest absolute Gasteiger partial charge is 0.417 e. The van der Waals surface area contributed by atoms with E-state index in [-0.39, 0.29) is 27.9 Å². The molecule has 0 saturated carbocycles. The third-order valence-electron chi connectivity index (χ3n) is 11.1. The van der Waals surface area contributed by atoms with E-state index in [2.05, 4.69) is 36.0 Å². The van der Waals surface area contributed by atoms with Crippen LogP contribution in [0.1, 0.15) is 40.0 Å². The van der Waals surface area contributed by atoms with Gasteiger partial charge in [0.1, 0.15) is 34.9 Å². The molecule has 0 bridgehead atoms. The lowest BCUT2D eigenvalue weighted by Gasteiger charge is -2.22. The number of aryl methyl sites for hydroxylation is 4. The number of benzene rings is 6. The van der Waals surface area contributed by atoms with Gasteiger partial charge in [-0.25, -0.2) is 29.9 Å². The lowest BCUT2D eigenvalue weighted by Crippen LogP contribution is -2.11. The first kappa shape index (κ1) is 37.9. The van der Waals surface area contributed by atoms with Crippen LogP contribution in [-0.2, 0) is 6.18 Å². The summed E-state index contributed by atoms with van der Waals surface area (Å²) in [4.78, 5) is 27.0. The Morgan fingerprint density at radius 1 is 0.500 bits per heavy atom. The Balaban J connectivity index is 1.34. The summed E-state index contributed by atoms with van der Waals surface area (Å²) in [6, 6.07) is 38.1. The molecule has 0 radical (unpaired) electrons. The highest BCUT2D eigenvalue weighted by molar-refractivity contribution is 6.13. The molecule has 0 N–H and O–H groups in total. The second kappa shape index (κ2) is 14.2. The summed E-state index contributed by atoms with van der Waals surface area (Å²) in [7, 11) is 0. The van der Waals surface area contributed by atoms with E-state index in [9.17, 15) is 10.5 Å². The number of rotatable bonds is 5. The summed E-state index contributed by atoms with van der Waals surface area (Å²) >= 11 is 0. The molecule has 0 aliphatic carbocycles. The van der Waals surface area contributed by atoms with Crippen LogP contribution in [0.5, 0.6) is 0 Å². The lowest BCUT2D eigenvalue weighted by atomic mass is 9.90. The predicted octanol–water partition coefficient (Wildman–Crippen LogP) is 11.2. The van der Waals surface area contributed by atoms with Gasteiger partial charge < -0.3 is 9.13 Å². The van der Waals surface area contributed by atoms with Crippen molar-refractivity contribution in [1.29, 1.82) is 10.5 Å². The Morgan fingerprint density at radius 2 is 1.00 bits per heavy atom. The van der Waals surface area contributed by atoms with Crippen LogP contribution in [0, 0.1) is 50.4 Å². The molecule has 10 rings (SSSR count). The zero-order valence-electron chi connectivity index (χ0n) is 33.6. The van der Waals surface area contributed by atoms with E-state index in [0.29, 0.717) is 57.2 Å². The Labute approximate surface area is 351 Å². The normalized spacial score (nSPS) is 11.8. The summed E-state index contributed by atoms with van der Waals surface area (Å²) in [5.41, 5.74) is 3.51. The molecule has 62 heavy (non-hydrogen) atoms. The van der Waals surface area contributed by atoms with Crippen molar-refractivity contribution < 1.29 is 13.2 Å². The summed E-state index contributed by atoms with van der Waals surface area (Å²) in [6.07, 6.45) is -4.83. The SMILES string of the molecule is Cc1nc(C)nc(-c2ccc3c(c2)c2ccccc2n3-c2ccc(-c3c(C#N)cccc3C(F)(F)F)c(-n3c4ccccc4c4cc(-c5nc(C)nc(C)n5)ccc43)c2C#N)n1. The van der Waals surface area contributed by atoms with Crippen molar-refractivity contribution in [2.75, 3.05) is 0 Å². The predicted molar refractivity (Wildman–Crippen MR) is 232 cm³/mol. The summed E-state index contributed by atoms with van der Waals surface area (Å²) < 4.78 is 49.1. The van der Waals surface area contributed by atoms with Gasteiger partial charge >= 0.3 is 6.18 Å². The molecule has 0 spiro atoms. The summed E-state index contributed by atoms with van der Waals surface area (Å²) in [6.45, 7) is 7.21. The molecular weight excluding hydrogens is 786 g/mol. The number of halogens is 3. The first-order valence-electron chi connectivity index (χ1n) is 19.6. The number of nitriles is 2. The average molecular weight is 817 g/mol. The number of para-hydroxylation sites is 2. The Bertz CT molecular complexity index is 3570. The van der Waals surface area contributed by atoms with Gasteiger partial charge in [-0.15, -0.1) is 0 Å². The van der Waals surface area contributed by atoms with E-state index < -0.39 is 11.7 Å². The maximum Gasteiger partial charge on any atom is 0.417 e. The molecular formula is C49H31F3N10. The minimum atomic E-state index is -4.83. The lowest BCUT2D eigenvalue weighted by molar-refractivity contribution is -0.137. The molecule has 298 valence electrons. The van der Waals surface area contributed by atoms with Gasteiger partial charge in [0.05, 0.1) is 50.6 Å². The average Bonchev–Trinajstić information content (AvgIpc) is 3.76. The van der Waals surface area contributed by atoms with Crippen molar-refractivity contribution in [2.45, 2.75) is 33.9 Å². The monoisotopic (exact) mass is 816 g/mol. The molecule has 10 aromatic rings. The smallest absolute Gasteiger partial charge is 0.308 e. The van der Waals surface area contributed by atoms with Gasteiger partial charge in [0.25, 0.3) is 0 Å². The Morgan fingerprint density at radius 3 is 1.52 bits per heavy atom. The number of hydrogen-bond donors (Lipinski definition) is 0. The van der Waals surface area contributed by atoms with Gasteiger partial charge in [-0.2, -0.15) is 23.7 Å². The maximum atomic E-state index is 15.1. The van der Waals surface area contributed by atoms with Gasteiger partial charge in [-0.05, 0) is 94.4 Å². The third-order valence-corrected chi connectivity index (χ3v) is 11.1. The molecule has 4 aromatic heterocycles. The van der Waals surface area contributed by atoms with Gasteiger partial charge in [0.2, 0.25) is 0 Å². The second-order valence-electron chi connectivity index (χ2n) is 15.0. The van der Waals surface area contributed by atoms with Crippen LogP contribution < -0.4 is 0 Å². The zero-order valence-corrected chi connectivity index (χ0v) is 33.6. The van der Waals surface area contributed by atoms with E-state index in [4.69, 9.17) is 0 Å². The van der Waals surface area contributed by atoms with Gasteiger partial charge in [-0.1, -0.05) is 48.5 Å². The summed E-state index contributed by atoms with van der Waals surface area (Å²) in [5.74, 6) is 3.29. The highest BCUT2D eigenvalue weighted by Crippen LogP contribution is 2.46. The first-order chi connectivity index (χ1) is 29.9. The number of fused-ring (bicyclic) bond motifs is 6. The highest BCUT2D eigenvalue weighted by atomic mass is 19.4. The van der Waals surface area contributed by atoms with Gasteiger partial charge in [-0.3, -0.25) is 0 Å². The highest BCUT2D eigenvalue weighted by Gasteiger charge is 2.36. The van der Waals surface area contributed by atoms with E-state index in [1.807, 2.05) is 114 Å². The van der Waals surface area contributed by atoms with Gasteiger partial charge in [0.15, 0.2) is 11.6 Å². The van der Waals surface area contributed by atoms with Crippen molar-refractivity contribution in [3.8, 4) is 57.4 Å². The molecule has 0 saturated heterocycles. The molecule has 0 aliphatic rings. The Hall–Kier alpha value is -8.29. The van der Waals surface area contributed by atoms with E-state index in [1.54, 1.807) is 26.0 Å². The van der Waals surface area contributed by atoms with Crippen LogP contribution in [0.3, 0.4) is 0 Å². The number of alkyl halides is 3. The summed E-state index contributed by atoms with van der Waals surface area (Å²) in [5, 5.41) is 25.2. The van der Waals surface area contributed by atoms with Crippen molar-refractivity contribution >= 4 is 43.6 Å². The fraction of sp³-hybridized carbons (Fsp3) is 0.102. The van der Waals surface area contributed by atoms with Crippen LogP contribution >= 0.6 is 0 Å². The molecule has 10 nitrogen and oxygen atoms in total. The molecule has 0 aliphatic heterocycles. The fourth-order valence-electron chi connectivity index (χ4n) is 8.70. The maximum absolute atomic E-state index is 15.1. The number of aromatic nitrogens is 8. The van der Waals surface area contributed by atoms with Crippen LogP contribution in [0.2, 0.25) is 0 Å². The fourth-order valence-corrected chi connectivity index (χ4v) is 8.70. The Kier molecular flexibility index (Phi) is 8.68. The van der Waals surface area contributed by atoms with Crippen LogP contribution in [-0.4, -0.2) is 39.0 Å². The van der Waals surface area contributed by atoms with Crippen molar-refractivity contribution in [2.24, 2.45) is 0 Å². The third kappa shape index (κ3) is 6.01. The minimum absolute atomic E-state index is 0.0638. The molecule has 0 unspecified atom stereocenters. The standard InChI is InChI=1S/C49H31F3N10/c1-26-55-27(2)58-47(57-26)30-16-19-42-36(22-30)33-11-5-7-14-40(33)61(42)44-21-18-35(45-32(24-53)10-9-13-39(45)49(50,51)52)46(38(44)25-54)62-41-15-8-6-12-34(41)37-23-31(17-20-43(37)62)48-59-28(3)56-29(4)60-48/h5-23H,1-4H3. The van der Waals surface area contributed by atoms with Crippen LogP contribution in [0.25, 0.3) is 88.9 Å². The van der Waals surface area contributed by atoms with Gasteiger partial charge in [0, 0.05) is 43.8 Å². The molecule has 0 atom stereocenters. The second-order valence-corrected chi connectivity index (χ2v) is 15.0. The van der Waals surface area contributed by atoms with E-state index in [0.717, 1.165) is 44.2 Å². The molecule has 0 fully saturated rings. The quantitative estimate of drug-likeness (QED) is 0.168. The van der Waals surface area contributed by atoms with E-state index in [1.165, 1.54) is 12.1 Å². The first-order valence-corrected chi connectivity index (χ1v) is 19.6. The topological polar surface area (TPSA) is 135 Å². The molecule has 13 heteroatoms. The van der Waals surface area contributed by atoms with Crippen molar-refractivity contribution in [3.63, 3.8) is 0 Å². The van der Waals surface area contributed by atoms with Crippen LogP contribution in [0.4, 0.5) is 13.2 Å². The van der Waals surface area contributed by atoms with Crippen LogP contribution in [0.15, 0.2) is 115 Å².